The van der Waals surface area contributed by atoms with Crippen LogP contribution in [0.1, 0.15) is 12.8 Å². The second-order valence-corrected chi connectivity index (χ2v) is 21.9. The molecule has 0 unspecified atom stereocenters. The van der Waals surface area contributed by atoms with Crippen molar-refractivity contribution in [1.29, 1.82) is 0 Å². The fraction of sp³-hybridized carbons (Fsp3) is 1.00. The van der Waals surface area contributed by atoms with Gasteiger partial charge in [-0.25, -0.2) is 0 Å². The molecule has 1 heterocycles. The Morgan fingerprint density at radius 3 is 1.58 bits per heavy atom. The van der Waals surface area contributed by atoms with E-state index < -0.39 is 15.3 Å². The van der Waals surface area contributed by atoms with Crippen LogP contribution < -0.4 is 0 Å². The van der Waals surface area contributed by atoms with Crippen molar-refractivity contribution < 1.29 is 0 Å². The molecule has 0 aliphatic carbocycles. The fourth-order valence-corrected chi connectivity index (χ4v) is 7.65. The average molecular weight is 201 g/mol. The maximum Gasteiger partial charge on any atom is 0.111 e. The Morgan fingerprint density at radius 2 is 1.25 bits per heavy atom. The second kappa shape index (κ2) is 3.27. The number of rotatable bonds is 2. The molecular weight excluding hydrogens is 178 g/mol. The van der Waals surface area contributed by atoms with Crippen molar-refractivity contribution in [3.63, 3.8) is 0 Å². The molecule has 1 rings (SSSR count). The molecule has 0 aromatic heterocycles. The van der Waals surface area contributed by atoms with Crippen LogP contribution in [0.25, 0.3) is 0 Å². The third-order valence-corrected chi connectivity index (χ3v) is 21.4. The highest BCUT2D eigenvalue weighted by Gasteiger charge is 2.42. The maximum absolute atomic E-state index is 2.83. The van der Waals surface area contributed by atoms with Gasteiger partial charge in [-0.3, -0.25) is 0 Å². The summed E-state index contributed by atoms with van der Waals surface area (Å²) in [6.45, 7) is 15.6. The van der Waals surface area contributed by atoms with Crippen LogP contribution in [0.5, 0.6) is 0 Å². The van der Waals surface area contributed by atoms with Crippen molar-refractivity contribution in [3.8, 4) is 0 Å². The molecule has 1 aliphatic rings. The quantitative estimate of drug-likeness (QED) is 0.621. The molecule has 72 valence electrons. The van der Waals surface area contributed by atoms with Crippen molar-refractivity contribution in [3.05, 3.63) is 0 Å². The van der Waals surface area contributed by atoms with Crippen LogP contribution in [0.3, 0.4) is 0 Å². The van der Waals surface area contributed by atoms with Crippen LogP contribution in [0.2, 0.25) is 32.7 Å². The van der Waals surface area contributed by atoms with Gasteiger partial charge in [0.05, 0.1) is 7.59 Å². The predicted molar refractivity (Wildman–Crippen MR) is 61.6 cm³/mol. The van der Waals surface area contributed by atoms with Crippen molar-refractivity contribution in [2.24, 2.45) is 0 Å². The largest absolute Gasteiger partial charge is 0.326 e. The Morgan fingerprint density at radius 1 is 0.833 bits per heavy atom. The number of hydrogen-bond acceptors (Lipinski definition) is 1. The Balaban J connectivity index is 2.69. The summed E-state index contributed by atoms with van der Waals surface area (Å²) in [7, 11) is -1.88. The molecule has 0 spiro atoms. The smallest absolute Gasteiger partial charge is 0.111 e. The van der Waals surface area contributed by atoms with Gasteiger partial charge in [-0.15, -0.1) is 0 Å². The molecule has 0 saturated carbocycles. The highest BCUT2D eigenvalue weighted by Crippen LogP contribution is 2.26. The molecule has 1 aliphatic heterocycles. The normalized spacial score (nSPS) is 21.8. The van der Waals surface area contributed by atoms with Crippen molar-refractivity contribution in [2.75, 3.05) is 13.1 Å². The van der Waals surface area contributed by atoms with Gasteiger partial charge in [-0.2, -0.15) is 0 Å². The molecule has 0 N–H and O–H groups in total. The van der Waals surface area contributed by atoms with Crippen LogP contribution in [0.15, 0.2) is 0 Å². The molecule has 1 nitrogen and oxygen atoms in total. The second-order valence-electron chi connectivity index (χ2n) is 5.50. The Labute approximate surface area is 79.0 Å². The van der Waals surface area contributed by atoms with Gasteiger partial charge in [0, 0.05) is 0 Å². The minimum atomic E-state index is -1.000. The van der Waals surface area contributed by atoms with Gasteiger partial charge in [0.25, 0.3) is 0 Å². The maximum atomic E-state index is 2.83. The zero-order valence-electron chi connectivity index (χ0n) is 9.28. The van der Waals surface area contributed by atoms with E-state index in [2.05, 4.69) is 37.3 Å². The van der Waals surface area contributed by atoms with E-state index in [1.54, 1.807) is 0 Å². The summed E-state index contributed by atoms with van der Waals surface area (Å²) in [5.41, 5.74) is 0. The summed E-state index contributed by atoms with van der Waals surface area (Å²) in [6, 6.07) is 0. The Hall–Kier alpha value is 0.394. The van der Waals surface area contributed by atoms with Crippen LogP contribution in [-0.2, 0) is 0 Å². The van der Waals surface area contributed by atoms with E-state index in [-0.39, 0.29) is 0 Å². The molecule has 0 aromatic carbocycles. The van der Waals surface area contributed by atoms with Crippen molar-refractivity contribution in [1.82, 2.24) is 4.57 Å². The van der Waals surface area contributed by atoms with Gasteiger partial charge >= 0.3 is 0 Å². The van der Waals surface area contributed by atoms with Gasteiger partial charge in [-0.1, -0.05) is 32.7 Å². The van der Waals surface area contributed by atoms with E-state index in [9.17, 15) is 0 Å². The Kier molecular flexibility index (Phi) is 2.86. The highest BCUT2D eigenvalue weighted by atomic mass is 29.3. The third kappa shape index (κ3) is 1.83. The summed E-state index contributed by atoms with van der Waals surface area (Å²) in [5, 5.41) is 0. The van der Waals surface area contributed by atoms with Crippen LogP contribution in [0, 0.1) is 0 Å². The lowest BCUT2D eigenvalue weighted by atomic mass is 10.4. The molecule has 12 heavy (non-hydrogen) atoms. The minimum absolute atomic E-state index is 0.885. The van der Waals surface area contributed by atoms with Crippen LogP contribution >= 0.6 is 0 Å². The highest BCUT2D eigenvalue weighted by molar-refractivity contribution is 7.39. The lowest BCUT2D eigenvalue weighted by Crippen LogP contribution is -2.63. The first-order valence-corrected chi connectivity index (χ1v) is 12.6. The first kappa shape index (κ1) is 10.5. The lowest BCUT2D eigenvalue weighted by molar-refractivity contribution is 0.532. The standard InChI is InChI=1S/C9H23NSi2/c1-11(2,3)12(4,5)10-8-6-7-9-10/h6-9H2,1-5H3. The van der Waals surface area contributed by atoms with Crippen molar-refractivity contribution in [2.45, 2.75) is 45.6 Å². The third-order valence-electron chi connectivity index (χ3n) is 3.73. The summed E-state index contributed by atoms with van der Waals surface area (Å²) >= 11 is 0. The van der Waals surface area contributed by atoms with E-state index in [0.29, 0.717) is 0 Å². The van der Waals surface area contributed by atoms with Gasteiger partial charge in [0.15, 0.2) is 0 Å². The first-order valence-electron chi connectivity index (χ1n) is 5.11. The number of hydrogen-bond donors (Lipinski definition) is 0. The molecule has 0 bridgehead atoms. The SMILES string of the molecule is C[Si](C)(C)[Si](C)(C)N1CCCC1. The number of nitrogens with zero attached hydrogens (tertiary/aromatic N) is 1. The van der Waals surface area contributed by atoms with Crippen LogP contribution in [-0.4, -0.2) is 33.0 Å². The van der Waals surface area contributed by atoms with E-state index in [0.717, 1.165) is 0 Å². The molecular formula is C9H23NSi2. The molecule has 0 radical (unpaired) electrons. The minimum Gasteiger partial charge on any atom is -0.326 e. The van der Waals surface area contributed by atoms with Crippen molar-refractivity contribution >= 4 is 15.3 Å². The zero-order chi connectivity index (χ0) is 9.41. The molecule has 0 amide bonds. The first-order chi connectivity index (χ1) is 5.36. The summed E-state index contributed by atoms with van der Waals surface area (Å²) in [6.07, 6.45) is 2.89. The van der Waals surface area contributed by atoms with Gasteiger partial charge in [0.2, 0.25) is 0 Å². The van der Waals surface area contributed by atoms with Gasteiger partial charge in [0.1, 0.15) is 7.75 Å². The topological polar surface area (TPSA) is 3.24 Å². The molecule has 0 atom stereocenters. The summed E-state index contributed by atoms with van der Waals surface area (Å²) in [4.78, 5) is 0. The molecule has 1 fully saturated rings. The van der Waals surface area contributed by atoms with E-state index in [1.165, 1.54) is 25.9 Å². The lowest BCUT2D eigenvalue weighted by Gasteiger charge is -2.42. The monoisotopic (exact) mass is 201 g/mol. The molecule has 0 aromatic rings. The molecule has 1 saturated heterocycles. The van der Waals surface area contributed by atoms with E-state index >= 15 is 0 Å². The molecule has 3 heteroatoms. The fourth-order valence-electron chi connectivity index (χ4n) is 1.75. The Bertz CT molecular complexity index is 154. The van der Waals surface area contributed by atoms with Crippen LogP contribution in [0.4, 0.5) is 0 Å². The average Bonchev–Trinajstić information content (AvgIpc) is 2.34. The summed E-state index contributed by atoms with van der Waals surface area (Å²) < 4.78 is 2.83. The van der Waals surface area contributed by atoms with Gasteiger partial charge in [-0.05, 0) is 25.9 Å². The predicted octanol–water partition coefficient (Wildman–Crippen LogP) is 2.70. The van der Waals surface area contributed by atoms with Gasteiger partial charge < -0.3 is 4.57 Å². The zero-order valence-corrected chi connectivity index (χ0v) is 11.3. The van der Waals surface area contributed by atoms with E-state index in [1.807, 2.05) is 0 Å². The van der Waals surface area contributed by atoms with E-state index in [4.69, 9.17) is 0 Å². The summed E-state index contributed by atoms with van der Waals surface area (Å²) in [5.74, 6) is 0.